The van der Waals surface area contributed by atoms with Gasteiger partial charge < -0.3 is 10.1 Å². The van der Waals surface area contributed by atoms with Crippen molar-refractivity contribution in [2.24, 2.45) is 0 Å². The Morgan fingerprint density at radius 2 is 2.50 bits per heavy atom. The fourth-order valence-corrected chi connectivity index (χ4v) is 1.61. The first-order chi connectivity index (χ1) is 4.93. The van der Waals surface area contributed by atoms with Gasteiger partial charge in [0.1, 0.15) is 0 Å². The molecule has 0 spiro atoms. The summed E-state index contributed by atoms with van der Waals surface area (Å²) < 4.78 is 5.42. The van der Waals surface area contributed by atoms with Crippen LogP contribution < -0.4 is 5.32 Å². The monoisotopic (exact) mass is 133 g/mol. The molecule has 1 N–H and O–H groups in total. The molecule has 0 amide bonds. The summed E-state index contributed by atoms with van der Waals surface area (Å²) in [6.45, 7) is 0.779. The van der Waals surface area contributed by atoms with E-state index in [9.17, 15) is 0 Å². The van der Waals surface area contributed by atoms with Crippen LogP contribution in [0.3, 0.4) is 0 Å². The summed E-state index contributed by atoms with van der Waals surface area (Å²) >= 11 is 0. The molecule has 4 rings (SSSR count). The third-order valence-corrected chi connectivity index (χ3v) is 2.13. The molecule has 3 aliphatic heterocycles. The van der Waals surface area contributed by atoms with Gasteiger partial charge in [0.25, 0.3) is 0 Å². The molecule has 0 saturated carbocycles. The fraction of sp³-hybridized carbons (Fsp3) is 0.250. The van der Waals surface area contributed by atoms with E-state index < -0.39 is 0 Å². The van der Waals surface area contributed by atoms with Crippen molar-refractivity contribution in [1.82, 2.24) is 0 Å². The minimum Gasteiger partial charge on any atom is -0.356 e. The van der Waals surface area contributed by atoms with E-state index in [1.807, 2.05) is 0 Å². The van der Waals surface area contributed by atoms with Crippen LogP contribution in [0.25, 0.3) is 0 Å². The zero-order chi connectivity index (χ0) is 6.55. The lowest BCUT2D eigenvalue weighted by Crippen LogP contribution is -2.12. The Morgan fingerprint density at radius 3 is 3.20 bits per heavy atom. The highest BCUT2D eigenvalue weighted by Crippen LogP contribution is 2.37. The predicted octanol–water partition coefficient (Wildman–Crippen LogP) is 1.64. The summed E-state index contributed by atoms with van der Waals surface area (Å²) in [4.78, 5) is 0. The summed E-state index contributed by atoms with van der Waals surface area (Å²) in [5.41, 5.74) is 3.85. The van der Waals surface area contributed by atoms with Crippen molar-refractivity contribution in [1.29, 1.82) is 0 Å². The van der Waals surface area contributed by atoms with Crippen molar-refractivity contribution in [2.45, 2.75) is 12.8 Å². The minimum absolute atomic E-state index is 0.167. The van der Waals surface area contributed by atoms with Crippen LogP contribution in [0, 0.1) is 0 Å². The van der Waals surface area contributed by atoms with Crippen molar-refractivity contribution < 1.29 is 4.74 Å². The molecule has 0 aromatic heterocycles. The summed E-state index contributed by atoms with van der Waals surface area (Å²) in [5, 5.41) is 3.24. The Morgan fingerprint density at radius 1 is 1.50 bits per heavy atom. The first-order valence-corrected chi connectivity index (χ1v) is 3.44. The normalized spacial score (nSPS) is 25.0. The van der Waals surface area contributed by atoms with Crippen LogP contribution in [0.2, 0.25) is 0 Å². The second-order valence-corrected chi connectivity index (χ2v) is 2.75. The Labute approximate surface area is 58.8 Å². The van der Waals surface area contributed by atoms with Crippen LogP contribution in [0.5, 0.6) is 0 Å². The lowest BCUT2D eigenvalue weighted by Gasteiger charge is -2.19. The number of fused-ring (bicyclic) bond motifs is 1. The highest BCUT2D eigenvalue weighted by molar-refractivity contribution is 5.56. The molecule has 2 heteroatoms. The maximum atomic E-state index is 5.42. The molecular formula is C8H7NO. The number of anilines is 1. The largest absolute Gasteiger partial charge is 0.356 e. The Kier molecular flexibility index (Phi) is 0.640. The van der Waals surface area contributed by atoms with Gasteiger partial charge in [0, 0.05) is 11.3 Å². The summed E-state index contributed by atoms with van der Waals surface area (Å²) in [6.07, 6.45) is 0.167. The molecule has 3 heterocycles. The van der Waals surface area contributed by atoms with Crippen LogP contribution in [0.1, 0.15) is 17.4 Å². The van der Waals surface area contributed by atoms with Gasteiger partial charge in [-0.2, -0.15) is 0 Å². The number of hydrogen-bond acceptors (Lipinski definition) is 2. The quantitative estimate of drug-likeness (QED) is 0.581. The molecule has 0 saturated heterocycles. The number of hydrogen-bond donors (Lipinski definition) is 1. The maximum Gasteiger partial charge on any atom is 0.154 e. The average Bonchev–Trinajstić information content (AvgIpc) is 2.29. The van der Waals surface area contributed by atoms with Crippen molar-refractivity contribution >= 4 is 5.69 Å². The van der Waals surface area contributed by atoms with Gasteiger partial charge in [-0.05, 0) is 17.7 Å². The van der Waals surface area contributed by atoms with Gasteiger partial charge in [0.05, 0.1) is 6.61 Å². The molecule has 1 atom stereocenters. The second-order valence-electron chi connectivity index (χ2n) is 2.75. The van der Waals surface area contributed by atoms with E-state index in [0.29, 0.717) is 0 Å². The molecule has 0 fully saturated rings. The van der Waals surface area contributed by atoms with E-state index in [4.69, 9.17) is 4.74 Å². The van der Waals surface area contributed by atoms with Crippen molar-refractivity contribution in [2.75, 3.05) is 5.32 Å². The highest BCUT2D eigenvalue weighted by Gasteiger charge is 2.27. The van der Waals surface area contributed by atoms with Gasteiger partial charge in [-0.1, -0.05) is 6.07 Å². The van der Waals surface area contributed by atoms with E-state index in [2.05, 4.69) is 23.5 Å². The number of rotatable bonds is 0. The van der Waals surface area contributed by atoms with Gasteiger partial charge in [0.15, 0.2) is 6.23 Å². The van der Waals surface area contributed by atoms with E-state index in [0.717, 1.165) is 6.61 Å². The predicted molar refractivity (Wildman–Crippen MR) is 37.6 cm³/mol. The smallest absolute Gasteiger partial charge is 0.154 e. The maximum absolute atomic E-state index is 5.42. The van der Waals surface area contributed by atoms with Gasteiger partial charge in [-0.15, -0.1) is 0 Å². The third-order valence-electron chi connectivity index (χ3n) is 2.13. The van der Waals surface area contributed by atoms with E-state index in [-0.39, 0.29) is 6.23 Å². The first kappa shape index (κ1) is 4.74. The SMILES string of the molecule is c1cc2c3cc1NC2OC3. The minimum atomic E-state index is 0.167. The molecule has 10 heavy (non-hydrogen) atoms. The molecule has 0 radical (unpaired) electrons. The van der Waals surface area contributed by atoms with Gasteiger partial charge in [-0.3, -0.25) is 0 Å². The molecule has 0 aliphatic carbocycles. The van der Waals surface area contributed by atoms with Crippen LogP contribution in [-0.2, 0) is 11.3 Å². The fourth-order valence-electron chi connectivity index (χ4n) is 1.61. The summed E-state index contributed by atoms with van der Waals surface area (Å²) in [6, 6.07) is 6.38. The van der Waals surface area contributed by atoms with Crippen LogP contribution >= 0.6 is 0 Å². The molecule has 1 aromatic carbocycles. The van der Waals surface area contributed by atoms with E-state index >= 15 is 0 Å². The number of nitrogens with one attached hydrogen (secondary N) is 1. The van der Waals surface area contributed by atoms with Gasteiger partial charge >= 0.3 is 0 Å². The summed E-state index contributed by atoms with van der Waals surface area (Å²) in [7, 11) is 0. The first-order valence-electron chi connectivity index (χ1n) is 3.44. The van der Waals surface area contributed by atoms with E-state index in [1.165, 1.54) is 16.8 Å². The second kappa shape index (κ2) is 1.35. The lowest BCUT2D eigenvalue weighted by atomic mass is 10.0. The molecule has 1 unspecified atom stereocenters. The third kappa shape index (κ3) is 0.400. The zero-order valence-corrected chi connectivity index (χ0v) is 5.42. The standard InChI is InChI=1S/C8H7NO/c1-2-7-5-3-6(1)9-8(7)10-4-5/h1-3,8-9H,4H2. The molecule has 1 aromatic rings. The lowest BCUT2D eigenvalue weighted by molar-refractivity contribution is 0.0869. The Balaban J connectivity index is 2.40. The Hall–Kier alpha value is -1.02. The number of benzene rings is 1. The van der Waals surface area contributed by atoms with Crippen LogP contribution in [-0.4, -0.2) is 0 Å². The van der Waals surface area contributed by atoms with Crippen LogP contribution in [0.15, 0.2) is 18.2 Å². The molecule has 3 aliphatic rings. The van der Waals surface area contributed by atoms with Crippen molar-refractivity contribution in [3.63, 3.8) is 0 Å². The van der Waals surface area contributed by atoms with Gasteiger partial charge in [-0.25, -0.2) is 0 Å². The van der Waals surface area contributed by atoms with Gasteiger partial charge in [0.2, 0.25) is 0 Å². The zero-order valence-electron chi connectivity index (χ0n) is 5.42. The summed E-state index contributed by atoms with van der Waals surface area (Å²) in [5.74, 6) is 0. The average molecular weight is 133 g/mol. The van der Waals surface area contributed by atoms with E-state index in [1.54, 1.807) is 0 Å². The van der Waals surface area contributed by atoms with Crippen molar-refractivity contribution in [3.05, 3.63) is 29.3 Å². The Bertz CT molecular complexity index is 295. The highest BCUT2D eigenvalue weighted by atomic mass is 16.5. The molecular weight excluding hydrogens is 126 g/mol. The number of ether oxygens (including phenoxy) is 1. The molecule has 50 valence electrons. The van der Waals surface area contributed by atoms with Crippen molar-refractivity contribution in [3.8, 4) is 0 Å². The molecule has 4 bridgehead atoms. The topological polar surface area (TPSA) is 21.3 Å². The van der Waals surface area contributed by atoms with Crippen LogP contribution in [0.4, 0.5) is 5.69 Å². The molecule has 2 nitrogen and oxygen atoms in total.